The number of carbonyl (C=O) groups is 1. The first kappa shape index (κ1) is 20.6. The van der Waals surface area contributed by atoms with Gasteiger partial charge in [-0.05, 0) is 67.8 Å². The lowest BCUT2D eigenvalue weighted by molar-refractivity contribution is 0.102. The lowest BCUT2D eigenvalue weighted by atomic mass is 10.1. The Morgan fingerprint density at radius 2 is 1.52 bits per heavy atom. The molecule has 0 fully saturated rings. The van der Waals surface area contributed by atoms with Gasteiger partial charge in [0.15, 0.2) is 0 Å². The van der Waals surface area contributed by atoms with Gasteiger partial charge in [-0.25, -0.2) is 8.42 Å². The second-order valence-electron chi connectivity index (χ2n) is 7.06. The van der Waals surface area contributed by atoms with Gasteiger partial charge in [0.25, 0.3) is 15.9 Å². The molecule has 1 amide bonds. The normalized spacial score (nSPS) is 11.2. The number of amides is 1. The minimum absolute atomic E-state index is 0.201. The van der Waals surface area contributed by atoms with Crippen molar-refractivity contribution >= 4 is 27.3 Å². The highest BCUT2D eigenvalue weighted by Crippen LogP contribution is 2.27. The molecule has 3 aromatic carbocycles. The Morgan fingerprint density at radius 3 is 2.21 bits per heavy atom. The molecule has 29 heavy (non-hydrogen) atoms. The van der Waals surface area contributed by atoms with E-state index < -0.39 is 10.0 Å². The molecule has 1 N–H and O–H groups in total. The minimum atomic E-state index is -3.73. The predicted octanol–water partition coefficient (Wildman–Crippen LogP) is 4.69. The summed E-state index contributed by atoms with van der Waals surface area (Å²) < 4.78 is 27.1. The van der Waals surface area contributed by atoms with Crippen LogP contribution in [-0.2, 0) is 10.0 Å². The molecule has 5 nitrogen and oxygen atoms in total. The van der Waals surface area contributed by atoms with Crippen LogP contribution in [0.3, 0.4) is 0 Å². The van der Waals surface area contributed by atoms with Crippen LogP contribution in [0.5, 0.6) is 0 Å². The molecule has 0 unspecified atom stereocenters. The molecule has 0 saturated heterocycles. The van der Waals surface area contributed by atoms with Crippen molar-refractivity contribution in [2.45, 2.75) is 25.7 Å². The first-order valence-corrected chi connectivity index (χ1v) is 10.7. The third kappa shape index (κ3) is 4.32. The number of rotatable bonds is 5. The standard InChI is InChI=1S/C23H24N2O3S/c1-16-10-11-17(2)21(14-16)24-23(26)19-13-12-18(3)22(15-19)25(4)29(27,28)20-8-6-5-7-9-20/h5-15H,1-4H3,(H,24,26). The molecule has 3 aromatic rings. The Bertz CT molecular complexity index is 1160. The van der Waals surface area contributed by atoms with Crippen LogP contribution >= 0.6 is 0 Å². The fraction of sp³-hybridized carbons (Fsp3) is 0.174. The van der Waals surface area contributed by atoms with E-state index in [0.717, 1.165) is 22.4 Å². The Morgan fingerprint density at radius 1 is 0.862 bits per heavy atom. The van der Waals surface area contributed by atoms with Crippen molar-refractivity contribution in [3.8, 4) is 0 Å². The molecule has 3 rings (SSSR count). The average Bonchev–Trinajstić information content (AvgIpc) is 2.71. The van der Waals surface area contributed by atoms with Crippen molar-refractivity contribution < 1.29 is 13.2 Å². The van der Waals surface area contributed by atoms with E-state index in [2.05, 4.69) is 5.32 Å². The van der Waals surface area contributed by atoms with E-state index in [4.69, 9.17) is 0 Å². The van der Waals surface area contributed by atoms with Gasteiger partial charge < -0.3 is 5.32 Å². The summed E-state index contributed by atoms with van der Waals surface area (Å²) in [6, 6.07) is 19.1. The average molecular weight is 409 g/mol. The summed E-state index contributed by atoms with van der Waals surface area (Å²) in [5.41, 5.74) is 4.35. The van der Waals surface area contributed by atoms with Gasteiger partial charge in [-0.2, -0.15) is 0 Å². The fourth-order valence-electron chi connectivity index (χ4n) is 3.03. The number of nitrogens with zero attached hydrogens (tertiary/aromatic N) is 1. The third-order valence-corrected chi connectivity index (χ3v) is 6.64. The van der Waals surface area contributed by atoms with E-state index in [1.807, 2.05) is 39.0 Å². The zero-order valence-electron chi connectivity index (χ0n) is 16.9. The summed E-state index contributed by atoms with van der Waals surface area (Å²) in [5.74, 6) is -0.287. The van der Waals surface area contributed by atoms with Gasteiger partial charge in [0.05, 0.1) is 10.6 Å². The SMILES string of the molecule is Cc1ccc(C)c(NC(=O)c2ccc(C)c(N(C)S(=O)(=O)c3ccccc3)c2)c1. The Balaban J connectivity index is 1.94. The molecule has 6 heteroatoms. The van der Waals surface area contributed by atoms with Gasteiger partial charge in [0.1, 0.15) is 0 Å². The summed E-state index contributed by atoms with van der Waals surface area (Å²) in [6.07, 6.45) is 0. The number of aryl methyl sites for hydroxylation is 3. The van der Waals surface area contributed by atoms with E-state index in [1.54, 1.807) is 48.5 Å². The molecule has 0 radical (unpaired) electrons. The number of carbonyl (C=O) groups excluding carboxylic acids is 1. The van der Waals surface area contributed by atoms with Crippen LogP contribution in [0.2, 0.25) is 0 Å². The fourth-order valence-corrected chi connectivity index (χ4v) is 4.31. The van der Waals surface area contributed by atoms with E-state index in [0.29, 0.717) is 11.3 Å². The van der Waals surface area contributed by atoms with Crippen molar-refractivity contribution in [2.75, 3.05) is 16.7 Å². The second-order valence-corrected chi connectivity index (χ2v) is 9.03. The maximum atomic E-state index is 13.0. The smallest absolute Gasteiger partial charge is 0.264 e. The lowest BCUT2D eigenvalue weighted by Crippen LogP contribution is -2.27. The molecular formula is C23H24N2O3S. The highest BCUT2D eigenvalue weighted by atomic mass is 32.2. The molecule has 0 saturated carbocycles. The maximum absolute atomic E-state index is 13.0. The van der Waals surface area contributed by atoms with Gasteiger partial charge >= 0.3 is 0 Å². The van der Waals surface area contributed by atoms with E-state index in [1.165, 1.54) is 11.4 Å². The van der Waals surface area contributed by atoms with Crippen molar-refractivity contribution in [1.29, 1.82) is 0 Å². The van der Waals surface area contributed by atoms with Crippen LogP contribution in [0.15, 0.2) is 71.6 Å². The summed E-state index contributed by atoms with van der Waals surface area (Å²) >= 11 is 0. The number of hydrogen-bond acceptors (Lipinski definition) is 3. The van der Waals surface area contributed by atoms with Crippen LogP contribution in [-0.4, -0.2) is 21.4 Å². The number of sulfonamides is 1. The topological polar surface area (TPSA) is 66.5 Å². The van der Waals surface area contributed by atoms with E-state index in [9.17, 15) is 13.2 Å². The monoisotopic (exact) mass is 408 g/mol. The highest BCUT2D eigenvalue weighted by molar-refractivity contribution is 7.92. The molecule has 0 heterocycles. The number of anilines is 2. The van der Waals surface area contributed by atoms with Crippen LogP contribution in [0.1, 0.15) is 27.0 Å². The van der Waals surface area contributed by atoms with Crippen LogP contribution in [0, 0.1) is 20.8 Å². The predicted molar refractivity (Wildman–Crippen MR) is 117 cm³/mol. The molecular weight excluding hydrogens is 384 g/mol. The summed E-state index contributed by atoms with van der Waals surface area (Å²) in [5, 5.41) is 2.92. The van der Waals surface area contributed by atoms with Crippen LogP contribution < -0.4 is 9.62 Å². The molecule has 0 aliphatic rings. The minimum Gasteiger partial charge on any atom is -0.322 e. The van der Waals surface area contributed by atoms with E-state index in [-0.39, 0.29) is 10.8 Å². The second kappa shape index (κ2) is 8.09. The van der Waals surface area contributed by atoms with Gasteiger partial charge in [-0.15, -0.1) is 0 Å². The van der Waals surface area contributed by atoms with Gasteiger partial charge in [-0.3, -0.25) is 9.10 Å². The largest absolute Gasteiger partial charge is 0.322 e. The Hall–Kier alpha value is -3.12. The molecule has 0 aromatic heterocycles. The number of benzene rings is 3. The van der Waals surface area contributed by atoms with E-state index >= 15 is 0 Å². The summed E-state index contributed by atoms with van der Waals surface area (Å²) in [7, 11) is -2.23. The van der Waals surface area contributed by atoms with Crippen molar-refractivity contribution in [3.63, 3.8) is 0 Å². The molecule has 0 atom stereocenters. The lowest BCUT2D eigenvalue weighted by Gasteiger charge is -2.22. The maximum Gasteiger partial charge on any atom is 0.264 e. The van der Waals surface area contributed by atoms with Crippen molar-refractivity contribution in [3.05, 3.63) is 89.0 Å². The van der Waals surface area contributed by atoms with Crippen molar-refractivity contribution in [2.24, 2.45) is 0 Å². The molecule has 0 spiro atoms. The third-order valence-electron chi connectivity index (χ3n) is 4.85. The van der Waals surface area contributed by atoms with Crippen molar-refractivity contribution in [1.82, 2.24) is 0 Å². The zero-order valence-corrected chi connectivity index (χ0v) is 17.7. The molecule has 0 aliphatic carbocycles. The van der Waals surface area contributed by atoms with Gasteiger partial charge in [0.2, 0.25) is 0 Å². The Labute approximate surface area is 172 Å². The quantitative estimate of drug-likeness (QED) is 0.666. The summed E-state index contributed by atoms with van der Waals surface area (Å²) in [4.78, 5) is 13.0. The molecule has 150 valence electrons. The molecule has 0 bridgehead atoms. The Kier molecular flexibility index (Phi) is 5.75. The first-order valence-electron chi connectivity index (χ1n) is 9.23. The van der Waals surface area contributed by atoms with Crippen LogP contribution in [0.25, 0.3) is 0 Å². The molecule has 0 aliphatic heterocycles. The number of nitrogens with one attached hydrogen (secondary N) is 1. The van der Waals surface area contributed by atoms with Gasteiger partial charge in [-0.1, -0.05) is 36.4 Å². The summed E-state index contributed by atoms with van der Waals surface area (Å²) in [6.45, 7) is 5.71. The van der Waals surface area contributed by atoms with Crippen LogP contribution in [0.4, 0.5) is 11.4 Å². The first-order chi connectivity index (χ1) is 13.7. The van der Waals surface area contributed by atoms with Gasteiger partial charge in [0, 0.05) is 18.3 Å². The zero-order chi connectivity index (χ0) is 21.2. The number of hydrogen-bond donors (Lipinski definition) is 1. The highest BCUT2D eigenvalue weighted by Gasteiger charge is 2.23.